The number of hydrogen-bond donors (Lipinski definition) is 1. The molecule has 1 aromatic carbocycles. The molecule has 0 aliphatic heterocycles. The van der Waals surface area contributed by atoms with Gasteiger partial charge in [0.15, 0.2) is 0 Å². The highest BCUT2D eigenvalue weighted by atomic mass is 79.9. The summed E-state index contributed by atoms with van der Waals surface area (Å²) in [5, 5.41) is 3.51. The summed E-state index contributed by atoms with van der Waals surface area (Å²) < 4.78 is 19.1. The summed E-state index contributed by atoms with van der Waals surface area (Å²) in [5.41, 5.74) is 7.19. The Labute approximate surface area is 94.2 Å². The van der Waals surface area contributed by atoms with Crippen molar-refractivity contribution in [3.05, 3.63) is 34.2 Å². The molecular weight excluding hydrogens is 263 g/mol. The highest BCUT2D eigenvalue weighted by Crippen LogP contribution is 2.31. The maximum Gasteiger partial charge on any atom is 0.230 e. The monoisotopic (exact) mass is 270 g/mol. The molecule has 0 radical (unpaired) electrons. The third kappa shape index (κ3) is 1.74. The van der Waals surface area contributed by atoms with Gasteiger partial charge < -0.3 is 10.3 Å². The first-order chi connectivity index (χ1) is 7.09. The normalized spacial score (nSPS) is 10.6. The summed E-state index contributed by atoms with van der Waals surface area (Å²) in [6, 6.07) is 3.10. The number of halogens is 2. The van der Waals surface area contributed by atoms with Gasteiger partial charge in [-0.15, -0.1) is 0 Å². The third-order valence-corrected chi connectivity index (χ3v) is 2.99. The van der Waals surface area contributed by atoms with E-state index in [2.05, 4.69) is 25.6 Å². The first-order valence-corrected chi connectivity index (χ1v) is 5.05. The van der Waals surface area contributed by atoms with E-state index in [0.29, 0.717) is 11.1 Å². The Morgan fingerprint density at radius 1 is 1.40 bits per heavy atom. The van der Waals surface area contributed by atoms with E-state index in [1.165, 1.54) is 12.3 Å². The SMILES string of the molecule is Cc1cc(F)c(-c2cnoc2N)cc1Br. The Morgan fingerprint density at radius 3 is 2.73 bits per heavy atom. The van der Waals surface area contributed by atoms with Crippen LogP contribution in [0, 0.1) is 12.7 Å². The van der Waals surface area contributed by atoms with Gasteiger partial charge in [0, 0.05) is 10.0 Å². The molecule has 1 aromatic heterocycles. The molecule has 0 spiro atoms. The van der Waals surface area contributed by atoms with Gasteiger partial charge in [-0.05, 0) is 24.6 Å². The lowest BCUT2D eigenvalue weighted by Crippen LogP contribution is -1.90. The number of nitrogens with two attached hydrogens (primary N) is 1. The topological polar surface area (TPSA) is 52.0 Å². The highest BCUT2D eigenvalue weighted by molar-refractivity contribution is 9.10. The Bertz CT molecular complexity index is 510. The lowest BCUT2D eigenvalue weighted by atomic mass is 10.1. The summed E-state index contributed by atoms with van der Waals surface area (Å²) in [7, 11) is 0. The molecule has 0 amide bonds. The molecule has 0 saturated carbocycles. The molecular formula is C10H8BrFN2O. The number of aromatic nitrogens is 1. The zero-order chi connectivity index (χ0) is 11.0. The first kappa shape index (κ1) is 10.2. The standard InChI is InChI=1S/C10H8BrFN2O/c1-5-2-9(12)6(3-8(5)11)7-4-14-15-10(7)13/h2-4H,13H2,1H3. The van der Waals surface area contributed by atoms with Gasteiger partial charge in [0.05, 0.1) is 11.8 Å². The van der Waals surface area contributed by atoms with E-state index in [9.17, 15) is 4.39 Å². The van der Waals surface area contributed by atoms with Crippen LogP contribution < -0.4 is 5.73 Å². The number of hydrogen-bond acceptors (Lipinski definition) is 3. The molecule has 78 valence electrons. The van der Waals surface area contributed by atoms with Crippen LogP contribution in [0.25, 0.3) is 11.1 Å². The summed E-state index contributed by atoms with van der Waals surface area (Å²) in [6.45, 7) is 1.81. The molecule has 0 aliphatic rings. The van der Waals surface area contributed by atoms with Gasteiger partial charge in [-0.1, -0.05) is 21.1 Å². The van der Waals surface area contributed by atoms with Crippen molar-refractivity contribution < 1.29 is 8.91 Å². The summed E-state index contributed by atoms with van der Waals surface area (Å²) in [4.78, 5) is 0. The first-order valence-electron chi connectivity index (χ1n) is 4.25. The Morgan fingerprint density at radius 2 is 2.13 bits per heavy atom. The molecule has 3 nitrogen and oxygen atoms in total. The van der Waals surface area contributed by atoms with Gasteiger partial charge in [-0.25, -0.2) is 4.39 Å². The number of nitrogens with zero attached hydrogens (tertiary/aromatic N) is 1. The van der Waals surface area contributed by atoms with Crippen LogP contribution in [0.3, 0.4) is 0 Å². The maximum atomic E-state index is 13.6. The Balaban J connectivity index is 2.64. The predicted molar refractivity (Wildman–Crippen MR) is 58.7 cm³/mol. The minimum Gasteiger partial charge on any atom is -0.367 e. The highest BCUT2D eigenvalue weighted by Gasteiger charge is 2.13. The van der Waals surface area contributed by atoms with Crippen LogP contribution in [-0.4, -0.2) is 5.16 Å². The number of rotatable bonds is 1. The van der Waals surface area contributed by atoms with Crippen LogP contribution in [0.2, 0.25) is 0 Å². The van der Waals surface area contributed by atoms with Gasteiger partial charge in [-0.3, -0.25) is 0 Å². The molecule has 2 aromatic rings. The molecule has 0 atom stereocenters. The van der Waals surface area contributed by atoms with Crippen LogP contribution >= 0.6 is 15.9 Å². The molecule has 0 unspecified atom stereocenters. The average Bonchev–Trinajstić information content (AvgIpc) is 2.58. The fraction of sp³-hybridized carbons (Fsp3) is 0.100. The minimum atomic E-state index is -0.342. The fourth-order valence-electron chi connectivity index (χ4n) is 1.30. The second-order valence-electron chi connectivity index (χ2n) is 3.18. The number of anilines is 1. The number of nitrogen functional groups attached to an aromatic ring is 1. The van der Waals surface area contributed by atoms with E-state index in [1.807, 2.05) is 6.92 Å². The van der Waals surface area contributed by atoms with Crippen molar-refractivity contribution in [1.82, 2.24) is 5.16 Å². The van der Waals surface area contributed by atoms with Crippen LogP contribution in [0.1, 0.15) is 5.56 Å². The van der Waals surface area contributed by atoms with Crippen molar-refractivity contribution >= 4 is 21.8 Å². The molecule has 0 fully saturated rings. The summed E-state index contributed by atoms with van der Waals surface area (Å²) in [5.74, 6) is -0.227. The molecule has 0 aliphatic carbocycles. The van der Waals surface area contributed by atoms with Crippen molar-refractivity contribution in [2.45, 2.75) is 6.92 Å². The van der Waals surface area contributed by atoms with Gasteiger partial charge in [-0.2, -0.15) is 0 Å². The zero-order valence-corrected chi connectivity index (χ0v) is 9.51. The molecule has 1 heterocycles. The molecule has 0 bridgehead atoms. The lowest BCUT2D eigenvalue weighted by Gasteiger charge is -2.04. The van der Waals surface area contributed by atoms with Gasteiger partial charge in [0.1, 0.15) is 5.82 Å². The van der Waals surface area contributed by atoms with Gasteiger partial charge >= 0.3 is 0 Å². The fourth-order valence-corrected chi connectivity index (χ4v) is 1.65. The summed E-state index contributed by atoms with van der Waals surface area (Å²) >= 11 is 3.33. The van der Waals surface area contributed by atoms with Crippen LogP contribution in [0.5, 0.6) is 0 Å². The second-order valence-corrected chi connectivity index (χ2v) is 4.04. The van der Waals surface area contributed by atoms with Crippen molar-refractivity contribution in [2.75, 3.05) is 5.73 Å². The Hall–Kier alpha value is -1.36. The molecule has 15 heavy (non-hydrogen) atoms. The van der Waals surface area contributed by atoms with Crippen LogP contribution in [0.15, 0.2) is 27.3 Å². The van der Waals surface area contributed by atoms with Crippen molar-refractivity contribution in [3.63, 3.8) is 0 Å². The predicted octanol–water partition coefficient (Wildman–Crippen LogP) is 3.13. The average molecular weight is 271 g/mol. The van der Waals surface area contributed by atoms with E-state index < -0.39 is 0 Å². The Kier molecular flexibility index (Phi) is 2.48. The third-order valence-electron chi connectivity index (χ3n) is 2.14. The van der Waals surface area contributed by atoms with Crippen LogP contribution in [-0.2, 0) is 0 Å². The summed E-state index contributed by atoms with van der Waals surface area (Å²) in [6.07, 6.45) is 1.40. The molecule has 2 N–H and O–H groups in total. The van der Waals surface area contributed by atoms with Crippen molar-refractivity contribution in [3.8, 4) is 11.1 Å². The van der Waals surface area contributed by atoms with Gasteiger partial charge in [0.2, 0.25) is 5.88 Å². The van der Waals surface area contributed by atoms with E-state index >= 15 is 0 Å². The molecule has 5 heteroatoms. The number of aryl methyl sites for hydroxylation is 1. The zero-order valence-electron chi connectivity index (χ0n) is 7.92. The molecule has 2 rings (SSSR count). The second kappa shape index (κ2) is 3.66. The quantitative estimate of drug-likeness (QED) is 0.866. The van der Waals surface area contributed by atoms with E-state index in [4.69, 9.17) is 5.73 Å². The minimum absolute atomic E-state index is 0.115. The van der Waals surface area contributed by atoms with Crippen LogP contribution in [0.4, 0.5) is 10.3 Å². The van der Waals surface area contributed by atoms with Gasteiger partial charge in [0.25, 0.3) is 0 Å². The lowest BCUT2D eigenvalue weighted by molar-refractivity contribution is 0.436. The van der Waals surface area contributed by atoms with E-state index in [0.717, 1.165) is 10.0 Å². The van der Waals surface area contributed by atoms with Crippen molar-refractivity contribution in [2.24, 2.45) is 0 Å². The number of benzene rings is 1. The smallest absolute Gasteiger partial charge is 0.230 e. The van der Waals surface area contributed by atoms with E-state index in [1.54, 1.807) is 6.07 Å². The largest absolute Gasteiger partial charge is 0.367 e. The molecule has 0 saturated heterocycles. The van der Waals surface area contributed by atoms with E-state index in [-0.39, 0.29) is 11.7 Å². The van der Waals surface area contributed by atoms with Crippen molar-refractivity contribution in [1.29, 1.82) is 0 Å². The maximum absolute atomic E-state index is 13.6.